The van der Waals surface area contributed by atoms with Crippen LogP contribution in [0.3, 0.4) is 0 Å². The molecule has 0 N–H and O–H groups in total. The molecule has 0 aliphatic carbocycles. The van der Waals surface area contributed by atoms with Gasteiger partial charge in [-0.3, -0.25) is 0 Å². The van der Waals surface area contributed by atoms with Gasteiger partial charge in [0.05, 0.1) is 12.9 Å². The molecule has 16 heavy (non-hydrogen) atoms. The van der Waals surface area contributed by atoms with Gasteiger partial charge in [-0.25, -0.2) is 12.7 Å². The zero-order valence-corrected chi connectivity index (χ0v) is 10.6. The summed E-state index contributed by atoms with van der Waals surface area (Å²) in [6, 6.07) is 7.42. The van der Waals surface area contributed by atoms with E-state index in [-0.39, 0.29) is 0 Å². The molecular weight excluding hydrogens is 226 g/mol. The number of sulfonamides is 1. The molecule has 1 aromatic rings. The molecule has 0 saturated carbocycles. The molecule has 0 radical (unpaired) electrons. The normalized spacial score (nSPS) is 11.8. The van der Waals surface area contributed by atoms with Crippen LogP contribution in [0.4, 0.5) is 0 Å². The van der Waals surface area contributed by atoms with E-state index in [0.717, 1.165) is 11.3 Å². The Balaban J connectivity index is 2.69. The zero-order chi connectivity index (χ0) is 12.2. The Labute approximate surface area is 96.9 Å². The van der Waals surface area contributed by atoms with Gasteiger partial charge in [-0.1, -0.05) is 12.1 Å². The summed E-state index contributed by atoms with van der Waals surface area (Å²) in [6.07, 6.45) is 1.20. The van der Waals surface area contributed by atoms with Crippen molar-refractivity contribution in [3.63, 3.8) is 0 Å². The van der Waals surface area contributed by atoms with Crippen molar-refractivity contribution >= 4 is 10.0 Å². The first-order valence-corrected chi connectivity index (χ1v) is 6.91. The van der Waals surface area contributed by atoms with E-state index in [1.807, 2.05) is 31.2 Å². The highest BCUT2D eigenvalue weighted by atomic mass is 32.2. The van der Waals surface area contributed by atoms with E-state index < -0.39 is 10.0 Å². The summed E-state index contributed by atoms with van der Waals surface area (Å²) < 4.78 is 29.0. The van der Waals surface area contributed by atoms with E-state index in [1.165, 1.54) is 10.6 Å². The van der Waals surface area contributed by atoms with Crippen molar-refractivity contribution in [1.29, 1.82) is 0 Å². The average molecular weight is 243 g/mol. The summed E-state index contributed by atoms with van der Waals surface area (Å²) in [5.74, 6) is 0.799. The maximum Gasteiger partial charge on any atom is 0.211 e. The van der Waals surface area contributed by atoms with Crippen LogP contribution in [0.15, 0.2) is 24.3 Å². The fourth-order valence-corrected chi connectivity index (χ4v) is 1.62. The zero-order valence-electron chi connectivity index (χ0n) is 9.80. The van der Waals surface area contributed by atoms with Crippen molar-refractivity contribution in [2.45, 2.75) is 13.5 Å². The third kappa shape index (κ3) is 3.83. The molecule has 0 amide bonds. The van der Waals surface area contributed by atoms with Crippen molar-refractivity contribution in [1.82, 2.24) is 4.31 Å². The molecule has 1 rings (SSSR count). The van der Waals surface area contributed by atoms with Crippen LogP contribution in [0.5, 0.6) is 5.75 Å². The lowest BCUT2D eigenvalue weighted by molar-refractivity contribution is 0.340. The van der Waals surface area contributed by atoms with Gasteiger partial charge in [0.15, 0.2) is 0 Å². The van der Waals surface area contributed by atoms with Crippen LogP contribution in [0, 0.1) is 0 Å². The van der Waals surface area contributed by atoms with Gasteiger partial charge in [-0.15, -0.1) is 0 Å². The summed E-state index contributed by atoms with van der Waals surface area (Å²) in [5.41, 5.74) is 0.941. The number of hydrogen-bond acceptors (Lipinski definition) is 3. The first-order chi connectivity index (χ1) is 7.43. The predicted octanol–water partition coefficient (Wildman–Crippen LogP) is 1.48. The van der Waals surface area contributed by atoms with E-state index >= 15 is 0 Å². The monoisotopic (exact) mass is 243 g/mol. The Hall–Kier alpha value is -1.07. The smallest absolute Gasteiger partial charge is 0.211 e. The van der Waals surface area contributed by atoms with Crippen LogP contribution in [0.1, 0.15) is 12.5 Å². The average Bonchev–Trinajstić information content (AvgIpc) is 2.20. The van der Waals surface area contributed by atoms with Crippen LogP contribution in [-0.4, -0.2) is 32.6 Å². The van der Waals surface area contributed by atoms with Gasteiger partial charge in [0.25, 0.3) is 0 Å². The van der Waals surface area contributed by atoms with Crippen LogP contribution in [0.2, 0.25) is 0 Å². The molecule has 0 bridgehead atoms. The van der Waals surface area contributed by atoms with Crippen molar-refractivity contribution in [3.05, 3.63) is 29.8 Å². The van der Waals surface area contributed by atoms with E-state index in [0.29, 0.717) is 13.2 Å². The highest BCUT2D eigenvalue weighted by molar-refractivity contribution is 7.88. The van der Waals surface area contributed by atoms with Gasteiger partial charge in [0.2, 0.25) is 10.0 Å². The predicted molar refractivity (Wildman–Crippen MR) is 63.9 cm³/mol. The van der Waals surface area contributed by atoms with Gasteiger partial charge in [0.1, 0.15) is 5.75 Å². The molecule has 4 nitrogen and oxygen atoms in total. The Kier molecular flexibility index (Phi) is 4.32. The summed E-state index contributed by atoms with van der Waals surface area (Å²) in [5, 5.41) is 0. The summed E-state index contributed by atoms with van der Waals surface area (Å²) in [4.78, 5) is 0. The first kappa shape index (κ1) is 13.0. The molecule has 0 aliphatic rings. The summed E-state index contributed by atoms with van der Waals surface area (Å²) in [7, 11) is -1.56. The largest absolute Gasteiger partial charge is 0.494 e. The molecule has 5 heteroatoms. The van der Waals surface area contributed by atoms with Gasteiger partial charge in [0, 0.05) is 13.6 Å². The minimum atomic E-state index is -3.12. The molecule has 0 fully saturated rings. The van der Waals surface area contributed by atoms with E-state index in [2.05, 4.69) is 0 Å². The first-order valence-electron chi connectivity index (χ1n) is 5.06. The molecule has 0 saturated heterocycles. The lowest BCUT2D eigenvalue weighted by Crippen LogP contribution is -2.24. The summed E-state index contributed by atoms with van der Waals surface area (Å²) >= 11 is 0. The van der Waals surface area contributed by atoms with Gasteiger partial charge in [-0.2, -0.15) is 0 Å². The maximum atomic E-state index is 11.2. The van der Waals surface area contributed by atoms with Crippen LogP contribution < -0.4 is 4.74 Å². The molecule has 0 spiro atoms. The molecule has 0 atom stereocenters. The lowest BCUT2D eigenvalue weighted by atomic mass is 10.2. The molecule has 0 heterocycles. The number of hydrogen-bond donors (Lipinski definition) is 0. The minimum Gasteiger partial charge on any atom is -0.494 e. The van der Waals surface area contributed by atoms with Gasteiger partial charge < -0.3 is 4.74 Å². The van der Waals surface area contributed by atoms with Crippen molar-refractivity contribution in [3.8, 4) is 5.75 Å². The highest BCUT2D eigenvalue weighted by Gasteiger charge is 2.10. The number of rotatable bonds is 5. The second-order valence-corrected chi connectivity index (χ2v) is 5.69. The molecule has 0 unspecified atom stereocenters. The standard InChI is InChI=1S/C11H17NO3S/c1-4-15-11-7-5-10(6-8-11)9-12(2)16(3,13)14/h5-8H,4,9H2,1-3H3. The van der Waals surface area contributed by atoms with Gasteiger partial charge >= 0.3 is 0 Å². The Morgan fingerprint density at radius 3 is 2.25 bits per heavy atom. The number of ether oxygens (including phenoxy) is 1. The fraction of sp³-hybridized carbons (Fsp3) is 0.455. The molecule has 0 aliphatic heterocycles. The topological polar surface area (TPSA) is 46.6 Å². The summed E-state index contributed by atoms with van der Waals surface area (Å²) in [6.45, 7) is 2.93. The molecular formula is C11H17NO3S. The maximum absolute atomic E-state index is 11.2. The van der Waals surface area contributed by atoms with Crippen LogP contribution >= 0.6 is 0 Å². The lowest BCUT2D eigenvalue weighted by Gasteiger charge is -2.14. The Morgan fingerprint density at radius 1 is 1.25 bits per heavy atom. The highest BCUT2D eigenvalue weighted by Crippen LogP contribution is 2.13. The number of benzene rings is 1. The molecule has 0 aromatic heterocycles. The van der Waals surface area contributed by atoms with Crippen molar-refractivity contribution in [2.75, 3.05) is 19.9 Å². The van der Waals surface area contributed by atoms with Crippen molar-refractivity contribution in [2.24, 2.45) is 0 Å². The SMILES string of the molecule is CCOc1ccc(CN(C)S(C)(=O)=O)cc1. The minimum absolute atomic E-state index is 0.380. The van der Waals surface area contributed by atoms with Crippen LogP contribution in [-0.2, 0) is 16.6 Å². The quantitative estimate of drug-likeness (QED) is 0.787. The fourth-order valence-electron chi connectivity index (χ4n) is 1.23. The number of nitrogens with zero attached hydrogens (tertiary/aromatic N) is 1. The second kappa shape index (κ2) is 5.32. The van der Waals surface area contributed by atoms with Crippen molar-refractivity contribution < 1.29 is 13.2 Å². The molecule has 90 valence electrons. The Morgan fingerprint density at radius 2 is 1.81 bits per heavy atom. The second-order valence-electron chi connectivity index (χ2n) is 3.60. The Bertz CT molecular complexity index is 425. The third-order valence-electron chi connectivity index (χ3n) is 2.21. The third-order valence-corrected chi connectivity index (χ3v) is 3.47. The van der Waals surface area contributed by atoms with Crippen LogP contribution in [0.25, 0.3) is 0 Å². The van der Waals surface area contributed by atoms with Gasteiger partial charge in [-0.05, 0) is 24.6 Å². The van der Waals surface area contributed by atoms with E-state index in [4.69, 9.17) is 4.74 Å². The van der Waals surface area contributed by atoms with E-state index in [1.54, 1.807) is 7.05 Å². The molecule has 1 aromatic carbocycles. The van der Waals surface area contributed by atoms with E-state index in [9.17, 15) is 8.42 Å².